The van der Waals surface area contributed by atoms with Gasteiger partial charge in [0.25, 0.3) is 0 Å². The van der Waals surface area contributed by atoms with Crippen LogP contribution in [0.2, 0.25) is 0 Å². The van der Waals surface area contributed by atoms with Crippen LogP contribution < -0.4 is 0 Å². The highest BCUT2D eigenvalue weighted by molar-refractivity contribution is 6.22. The molecule has 0 radical (unpaired) electrons. The molecule has 260 valence electrons. The first-order valence-corrected chi connectivity index (χ1v) is 19.4. The third-order valence-corrected chi connectivity index (χ3v) is 11.6. The Hall–Kier alpha value is -7.28. The second kappa shape index (κ2) is 13.2. The Labute approximate surface area is 326 Å². The van der Waals surface area contributed by atoms with E-state index >= 15 is 0 Å². The van der Waals surface area contributed by atoms with Crippen molar-refractivity contribution < 1.29 is 0 Å². The summed E-state index contributed by atoms with van der Waals surface area (Å²) in [5, 5.41) is 12.5. The molecule has 0 spiro atoms. The highest BCUT2D eigenvalue weighted by atomic mass is 14.2. The fourth-order valence-electron chi connectivity index (χ4n) is 8.90. The molecule has 0 heterocycles. The molecule has 0 nitrogen and oxygen atoms in total. The summed E-state index contributed by atoms with van der Waals surface area (Å²) in [4.78, 5) is 0. The fourth-order valence-corrected chi connectivity index (χ4v) is 8.90. The van der Waals surface area contributed by atoms with Crippen LogP contribution >= 0.6 is 0 Å². The summed E-state index contributed by atoms with van der Waals surface area (Å²) in [6.45, 7) is 0. The van der Waals surface area contributed by atoms with Crippen LogP contribution in [0.1, 0.15) is 0 Å². The quantitative estimate of drug-likeness (QED) is 0.156. The van der Waals surface area contributed by atoms with Gasteiger partial charge >= 0.3 is 0 Å². The smallest absolute Gasteiger partial charge is 0.00259 e. The SMILES string of the molecule is c1ccc(-c2ccc3c(-c4cc(-c5ccc6ccccc6c5)cc(-c5cccc6ccccc56)c4)c4ccccc4c(-c4ccc5ccccc5c4)c3c2)cc1. The van der Waals surface area contributed by atoms with Gasteiger partial charge in [0.15, 0.2) is 0 Å². The molecule has 0 aliphatic heterocycles. The van der Waals surface area contributed by atoms with Crippen molar-refractivity contribution in [3.05, 3.63) is 218 Å². The minimum atomic E-state index is 1.20. The number of hydrogen-bond donors (Lipinski definition) is 0. The Morgan fingerprint density at radius 3 is 1.39 bits per heavy atom. The minimum Gasteiger partial charge on any atom is -0.0622 e. The maximum Gasteiger partial charge on any atom is -0.00259 e. The van der Waals surface area contributed by atoms with Crippen LogP contribution in [0.25, 0.3) is 109 Å². The predicted molar refractivity (Wildman–Crippen MR) is 241 cm³/mol. The molecular formula is C56H36. The van der Waals surface area contributed by atoms with E-state index in [1.807, 2.05) is 0 Å². The third-order valence-electron chi connectivity index (χ3n) is 11.6. The molecule has 0 saturated heterocycles. The van der Waals surface area contributed by atoms with Gasteiger partial charge in [-0.2, -0.15) is 0 Å². The van der Waals surface area contributed by atoms with Crippen LogP contribution in [0.4, 0.5) is 0 Å². The van der Waals surface area contributed by atoms with E-state index in [0.717, 1.165) is 0 Å². The van der Waals surface area contributed by atoms with Crippen molar-refractivity contribution in [1.29, 1.82) is 0 Å². The molecule has 0 heteroatoms. The third kappa shape index (κ3) is 5.46. The highest BCUT2D eigenvalue weighted by Crippen LogP contribution is 2.47. The lowest BCUT2D eigenvalue weighted by atomic mass is 9.83. The molecule has 0 amide bonds. The van der Waals surface area contributed by atoms with Crippen molar-refractivity contribution in [1.82, 2.24) is 0 Å². The van der Waals surface area contributed by atoms with E-state index in [1.54, 1.807) is 0 Å². The van der Waals surface area contributed by atoms with Crippen LogP contribution in [-0.2, 0) is 0 Å². The number of fused-ring (bicyclic) bond motifs is 5. The summed E-state index contributed by atoms with van der Waals surface area (Å²) in [6, 6.07) is 80.6. The van der Waals surface area contributed by atoms with Crippen molar-refractivity contribution in [2.24, 2.45) is 0 Å². The summed E-state index contributed by atoms with van der Waals surface area (Å²) >= 11 is 0. The van der Waals surface area contributed by atoms with Gasteiger partial charge in [-0.05, 0) is 146 Å². The summed E-state index contributed by atoms with van der Waals surface area (Å²) in [7, 11) is 0. The molecule has 11 aromatic rings. The van der Waals surface area contributed by atoms with E-state index in [4.69, 9.17) is 0 Å². The molecule has 56 heavy (non-hydrogen) atoms. The van der Waals surface area contributed by atoms with Crippen molar-refractivity contribution in [2.45, 2.75) is 0 Å². The number of rotatable bonds is 5. The van der Waals surface area contributed by atoms with Crippen LogP contribution in [0, 0.1) is 0 Å². The maximum absolute atomic E-state index is 2.42. The number of hydrogen-bond acceptors (Lipinski definition) is 0. The zero-order chi connectivity index (χ0) is 37.0. The largest absolute Gasteiger partial charge is 0.0622 e. The Morgan fingerprint density at radius 1 is 0.179 bits per heavy atom. The average molecular weight is 709 g/mol. The summed E-state index contributed by atoms with van der Waals surface area (Å²) in [5.74, 6) is 0. The fraction of sp³-hybridized carbons (Fsp3) is 0. The predicted octanol–water partition coefficient (Wildman–Crippen LogP) is 15.8. The van der Waals surface area contributed by atoms with Crippen molar-refractivity contribution in [3.8, 4) is 55.6 Å². The molecule has 0 saturated carbocycles. The number of benzene rings is 11. The Kier molecular flexibility index (Phi) is 7.60. The normalized spacial score (nSPS) is 11.6. The molecule has 0 N–H and O–H groups in total. The van der Waals surface area contributed by atoms with Crippen molar-refractivity contribution in [3.63, 3.8) is 0 Å². The molecule has 0 aromatic heterocycles. The first-order chi connectivity index (χ1) is 27.7. The van der Waals surface area contributed by atoms with Gasteiger partial charge in [-0.15, -0.1) is 0 Å². The average Bonchev–Trinajstić information content (AvgIpc) is 3.27. The van der Waals surface area contributed by atoms with E-state index in [1.165, 1.54) is 109 Å². The van der Waals surface area contributed by atoms with Gasteiger partial charge in [0.2, 0.25) is 0 Å². The first-order valence-electron chi connectivity index (χ1n) is 19.4. The molecule has 11 rings (SSSR count). The standard InChI is InChI=1S/C56H36/c1-2-13-37(14-3-1)44-29-30-53-54(36-44)55(45-28-26-39-16-5-7-19-42(39)32-45)51-22-10-11-23-52(51)56(53)48-34-46(43-27-25-38-15-4-6-18-41(38)31-43)33-47(35-48)50-24-12-20-40-17-8-9-21-49(40)50/h1-36H. The van der Waals surface area contributed by atoms with Gasteiger partial charge in [0.1, 0.15) is 0 Å². The van der Waals surface area contributed by atoms with Crippen LogP contribution in [0.3, 0.4) is 0 Å². The molecule has 0 atom stereocenters. The summed E-state index contributed by atoms with van der Waals surface area (Å²) in [5.41, 5.74) is 12.2. The monoisotopic (exact) mass is 708 g/mol. The van der Waals surface area contributed by atoms with E-state index in [0.29, 0.717) is 0 Å². The molecule has 0 aliphatic carbocycles. The van der Waals surface area contributed by atoms with E-state index in [9.17, 15) is 0 Å². The molecule has 0 unspecified atom stereocenters. The van der Waals surface area contributed by atoms with Gasteiger partial charge in [-0.25, -0.2) is 0 Å². The Bertz CT molecular complexity index is 3290. The van der Waals surface area contributed by atoms with E-state index in [-0.39, 0.29) is 0 Å². The molecule has 0 fully saturated rings. The van der Waals surface area contributed by atoms with Crippen LogP contribution in [0.15, 0.2) is 218 Å². The minimum absolute atomic E-state index is 1.20. The molecule has 0 bridgehead atoms. The molecule has 0 aliphatic rings. The maximum atomic E-state index is 2.42. The Morgan fingerprint density at radius 2 is 0.661 bits per heavy atom. The zero-order valence-corrected chi connectivity index (χ0v) is 30.8. The van der Waals surface area contributed by atoms with Gasteiger partial charge in [-0.3, -0.25) is 0 Å². The second-order valence-electron chi connectivity index (χ2n) is 14.9. The van der Waals surface area contributed by atoms with Gasteiger partial charge in [0, 0.05) is 0 Å². The molecular weight excluding hydrogens is 673 g/mol. The van der Waals surface area contributed by atoms with Crippen LogP contribution in [0.5, 0.6) is 0 Å². The Balaban J connectivity index is 1.25. The van der Waals surface area contributed by atoms with Crippen molar-refractivity contribution in [2.75, 3.05) is 0 Å². The zero-order valence-electron chi connectivity index (χ0n) is 30.8. The second-order valence-corrected chi connectivity index (χ2v) is 14.9. The summed E-state index contributed by atoms with van der Waals surface area (Å²) in [6.07, 6.45) is 0. The summed E-state index contributed by atoms with van der Waals surface area (Å²) < 4.78 is 0. The molecule has 11 aromatic carbocycles. The van der Waals surface area contributed by atoms with Crippen molar-refractivity contribution >= 4 is 53.9 Å². The van der Waals surface area contributed by atoms with Gasteiger partial charge in [-0.1, -0.05) is 182 Å². The van der Waals surface area contributed by atoms with Crippen LogP contribution in [-0.4, -0.2) is 0 Å². The topological polar surface area (TPSA) is 0 Å². The van der Waals surface area contributed by atoms with Gasteiger partial charge in [0.05, 0.1) is 0 Å². The van der Waals surface area contributed by atoms with Gasteiger partial charge < -0.3 is 0 Å². The lowest BCUT2D eigenvalue weighted by Gasteiger charge is -2.20. The van der Waals surface area contributed by atoms with E-state index < -0.39 is 0 Å². The highest BCUT2D eigenvalue weighted by Gasteiger charge is 2.20. The lowest BCUT2D eigenvalue weighted by molar-refractivity contribution is 1.60. The first kappa shape index (κ1) is 32.2. The van der Waals surface area contributed by atoms with E-state index in [2.05, 4.69) is 218 Å². The lowest BCUT2D eigenvalue weighted by Crippen LogP contribution is -1.93.